The van der Waals surface area contributed by atoms with E-state index in [0.717, 1.165) is 10.8 Å². The van der Waals surface area contributed by atoms with Crippen LogP contribution in [-0.4, -0.2) is 31.3 Å². The Morgan fingerprint density at radius 1 is 0.917 bits per heavy atom. The maximum absolute atomic E-state index is 12.8. The average Bonchev–Trinajstić information content (AvgIpc) is 2.90. The minimum atomic E-state index is -0.803. The van der Waals surface area contributed by atoms with E-state index in [2.05, 4.69) is 10.5 Å². The zero-order chi connectivity index (χ0) is 25.5. The lowest BCUT2D eigenvalue weighted by molar-refractivity contribution is -0.127. The number of benzene rings is 4. The molecule has 4 rings (SSSR count). The second-order valence-corrected chi connectivity index (χ2v) is 8.20. The molecule has 4 aromatic carbocycles. The number of hydrogen-bond donors (Lipinski definition) is 1. The molecule has 1 N–H and O–H groups in total. The van der Waals surface area contributed by atoms with E-state index in [0.29, 0.717) is 33.4 Å². The van der Waals surface area contributed by atoms with Crippen molar-refractivity contribution in [2.45, 2.75) is 13.0 Å². The van der Waals surface area contributed by atoms with Gasteiger partial charge in [-0.2, -0.15) is 5.10 Å². The SMILES string of the molecule is COc1ccc(C(=O)Oc2ccc3ccccc3c2/C=N/NC(=O)C(C)Oc2ccc(Cl)cc2)cc1. The summed E-state index contributed by atoms with van der Waals surface area (Å²) in [7, 11) is 1.55. The van der Waals surface area contributed by atoms with Gasteiger partial charge in [0.05, 0.1) is 18.9 Å². The fraction of sp³-hybridized carbons (Fsp3) is 0.107. The third-order valence-corrected chi connectivity index (χ3v) is 5.58. The Hall–Kier alpha value is -4.36. The Bertz CT molecular complexity index is 1400. The van der Waals surface area contributed by atoms with Gasteiger partial charge >= 0.3 is 5.97 Å². The first kappa shape index (κ1) is 24.8. The van der Waals surface area contributed by atoms with Crippen molar-refractivity contribution < 1.29 is 23.8 Å². The van der Waals surface area contributed by atoms with Gasteiger partial charge in [0.2, 0.25) is 0 Å². The lowest BCUT2D eigenvalue weighted by atomic mass is 10.0. The number of carbonyl (C=O) groups is 2. The van der Waals surface area contributed by atoms with Crippen LogP contribution in [0.3, 0.4) is 0 Å². The fourth-order valence-corrected chi connectivity index (χ4v) is 3.53. The smallest absolute Gasteiger partial charge is 0.343 e. The van der Waals surface area contributed by atoms with E-state index in [9.17, 15) is 9.59 Å². The Labute approximate surface area is 213 Å². The average molecular weight is 503 g/mol. The zero-order valence-corrected chi connectivity index (χ0v) is 20.4. The highest BCUT2D eigenvalue weighted by atomic mass is 35.5. The fourth-order valence-electron chi connectivity index (χ4n) is 3.41. The van der Waals surface area contributed by atoms with Gasteiger partial charge in [-0.15, -0.1) is 0 Å². The molecule has 0 aliphatic heterocycles. The zero-order valence-electron chi connectivity index (χ0n) is 19.6. The van der Waals surface area contributed by atoms with Crippen LogP contribution < -0.4 is 19.6 Å². The Morgan fingerprint density at radius 3 is 2.33 bits per heavy atom. The summed E-state index contributed by atoms with van der Waals surface area (Å²) < 4.78 is 16.4. The lowest BCUT2D eigenvalue weighted by Gasteiger charge is -2.13. The predicted octanol–water partition coefficient (Wildman–Crippen LogP) is 5.64. The molecule has 1 unspecified atom stereocenters. The second kappa shape index (κ2) is 11.4. The number of nitrogens with one attached hydrogen (secondary N) is 1. The standard InChI is InChI=1S/C28H23ClN2O5/c1-18(35-23-14-10-21(29)11-15-23)27(32)31-30-17-25-24-6-4-3-5-19(24)9-16-26(25)36-28(33)20-7-12-22(34-2)13-8-20/h3-18H,1-2H3,(H,31,32)/b30-17+. The molecule has 0 aliphatic rings. The van der Waals surface area contributed by atoms with Crippen LogP contribution in [0.4, 0.5) is 0 Å². The van der Waals surface area contributed by atoms with Crippen LogP contribution in [0.5, 0.6) is 17.2 Å². The third kappa shape index (κ3) is 6.00. The van der Waals surface area contributed by atoms with Gasteiger partial charge in [-0.05, 0) is 72.3 Å². The molecule has 0 radical (unpaired) electrons. The maximum Gasteiger partial charge on any atom is 0.343 e. The molecule has 36 heavy (non-hydrogen) atoms. The molecule has 8 heteroatoms. The molecule has 0 fully saturated rings. The molecule has 1 atom stereocenters. The number of rotatable bonds is 8. The highest BCUT2D eigenvalue weighted by Crippen LogP contribution is 2.27. The number of hydrogen-bond acceptors (Lipinski definition) is 6. The quantitative estimate of drug-likeness (QED) is 0.146. The number of hydrazone groups is 1. The highest BCUT2D eigenvalue weighted by Gasteiger charge is 2.16. The first-order valence-corrected chi connectivity index (χ1v) is 11.5. The van der Waals surface area contributed by atoms with Crippen molar-refractivity contribution >= 4 is 40.5 Å². The van der Waals surface area contributed by atoms with E-state index in [4.69, 9.17) is 25.8 Å². The minimum Gasteiger partial charge on any atom is -0.497 e. The monoisotopic (exact) mass is 502 g/mol. The van der Waals surface area contributed by atoms with E-state index >= 15 is 0 Å². The van der Waals surface area contributed by atoms with Gasteiger partial charge in [0.15, 0.2) is 6.10 Å². The Kier molecular flexibility index (Phi) is 7.82. The Balaban J connectivity index is 1.52. The van der Waals surface area contributed by atoms with Crippen LogP contribution >= 0.6 is 11.6 Å². The van der Waals surface area contributed by atoms with Crippen molar-refractivity contribution in [1.29, 1.82) is 0 Å². The lowest BCUT2D eigenvalue weighted by Crippen LogP contribution is -2.33. The van der Waals surface area contributed by atoms with Crippen molar-refractivity contribution in [1.82, 2.24) is 5.43 Å². The van der Waals surface area contributed by atoms with E-state index in [1.807, 2.05) is 30.3 Å². The second-order valence-electron chi connectivity index (χ2n) is 7.76. The molecular formula is C28H23ClN2O5. The van der Waals surface area contributed by atoms with Crippen LogP contribution in [0.15, 0.2) is 90.0 Å². The molecular weight excluding hydrogens is 480 g/mol. The summed E-state index contributed by atoms with van der Waals surface area (Å²) in [6, 6.07) is 24.5. The number of amides is 1. The summed E-state index contributed by atoms with van der Waals surface area (Å²) in [5.41, 5.74) is 3.39. The topological polar surface area (TPSA) is 86.2 Å². The first-order valence-electron chi connectivity index (χ1n) is 11.1. The number of carbonyl (C=O) groups excluding carboxylic acids is 2. The van der Waals surface area contributed by atoms with E-state index in [1.165, 1.54) is 6.21 Å². The predicted molar refractivity (Wildman–Crippen MR) is 139 cm³/mol. The summed E-state index contributed by atoms with van der Waals surface area (Å²) in [6.07, 6.45) is 0.648. The van der Waals surface area contributed by atoms with E-state index in [1.54, 1.807) is 68.6 Å². The number of esters is 1. The van der Waals surface area contributed by atoms with Crippen LogP contribution in [0, 0.1) is 0 Å². The number of halogens is 1. The molecule has 7 nitrogen and oxygen atoms in total. The molecule has 0 bridgehead atoms. The highest BCUT2D eigenvalue weighted by molar-refractivity contribution is 6.30. The van der Waals surface area contributed by atoms with Crippen molar-refractivity contribution in [2.24, 2.45) is 5.10 Å². The maximum atomic E-state index is 12.8. The molecule has 0 aliphatic carbocycles. The molecule has 0 heterocycles. The number of nitrogens with zero attached hydrogens (tertiary/aromatic N) is 1. The van der Waals surface area contributed by atoms with Gasteiger partial charge in [0.25, 0.3) is 5.91 Å². The number of methoxy groups -OCH3 is 1. The van der Waals surface area contributed by atoms with Crippen molar-refractivity contribution in [3.05, 3.63) is 101 Å². The van der Waals surface area contributed by atoms with Crippen LogP contribution in [-0.2, 0) is 4.79 Å². The van der Waals surface area contributed by atoms with Gasteiger partial charge < -0.3 is 14.2 Å². The number of ether oxygens (including phenoxy) is 3. The van der Waals surface area contributed by atoms with Gasteiger partial charge in [0.1, 0.15) is 17.2 Å². The molecule has 182 valence electrons. The van der Waals surface area contributed by atoms with Gasteiger partial charge in [-0.25, -0.2) is 10.2 Å². The van der Waals surface area contributed by atoms with Gasteiger partial charge in [-0.3, -0.25) is 4.79 Å². The molecule has 0 spiro atoms. The molecule has 0 aromatic heterocycles. The molecule has 0 saturated heterocycles. The van der Waals surface area contributed by atoms with Crippen molar-refractivity contribution in [2.75, 3.05) is 7.11 Å². The summed E-state index contributed by atoms with van der Waals surface area (Å²) in [6.45, 7) is 1.61. The largest absolute Gasteiger partial charge is 0.497 e. The van der Waals surface area contributed by atoms with Crippen LogP contribution in [0.25, 0.3) is 10.8 Å². The minimum absolute atomic E-state index is 0.304. The molecule has 1 amide bonds. The summed E-state index contributed by atoms with van der Waals surface area (Å²) in [5, 5.41) is 6.40. The van der Waals surface area contributed by atoms with Crippen molar-refractivity contribution in [3.63, 3.8) is 0 Å². The van der Waals surface area contributed by atoms with E-state index < -0.39 is 18.0 Å². The summed E-state index contributed by atoms with van der Waals surface area (Å²) >= 11 is 5.88. The summed E-state index contributed by atoms with van der Waals surface area (Å²) in [4.78, 5) is 25.3. The first-order chi connectivity index (χ1) is 17.4. The summed E-state index contributed by atoms with van der Waals surface area (Å²) in [5.74, 6) is 0.468. The van der Waals surface area contributed by atoms with Crippen LogP contribution in [0.2, 0.25) is 5.02 Å². The van der Waals surface area contributed by atoms with Gasteiger partial charge in [-0.1, -0.05) is 41.9 Å². The van der Waals surface area contributed by atoms with E-state index in [-0.39, 0.29) is 0 Å². The normalized spacial score (nSPS) is 11.8. The third-order valence-electron chi connectivity index (χ3n) is 5.32. The molecule has 4 aromatic rings. The van der Waals surface area contributed by atoms with Gasteiger partial charge in [0, 0.05) is 10.6 Å². The van der Waals surface area contributed by atoms with Crippen molar-refractivity contribution in [3.8, 4) is 17.2 Å². The Morgan fingerprint density at radius 2 is 1.61 bits per heavy atom. The number of fused-ring (bicyclic) bond motifs is 1. The van der Waals surface area contributed by atoms with Crippen LogP contribution in [0.1, 0.15) is 22.8 Å². The molecule has 0 saturated carbocycles.